The first kappa shape index (κ1) is 11.7. The first-order valence-corrected chi connectivity index (χ1v) is 6.86. The highest BCUT2D eigenvalue weighted by atomic mass is 127. The Balaban J connectivity index is 2.53. The normalized spacial score (nSPS) is 10.6. The van der Waals surface area contributed by atoms with Gasteiger partial charge in [0.15, 0.2) is 10.8 Å². The zero-order valence-corrected chi connectivity index (χ0v) is 11.6. The van der Waals surface area contributed by atoms with Crippen molar-refractivity contribution in [1.29, 1.82) is 0 Å². The molecule has 16 heavy (non-hydrogen) atoms. The Morgan fingerprint density at radius 3 is 3.00 bits per heavy atom. The van der Waals surface area contributed by atoms with Crippen molar-refractivity contribution in [3.05, 3.63) is 31.2 Å². The second-order valence-corrected chi connectivity index (χ2v) is 5.24. The predicted octanol–water partition coefficient (Wildman–Crippen LogP) is 2.45. The van der Waals surface area contributed by atoms with Crippen LogP contribution in [0.2, 0.25) is 0 Å². The van der Waals surface area contributed by atoms with Gasteiger partial charge in [-0.3, -0.25) is 4.79 Å². The molecule has 4 nitrogen and oxygen atoms in total. The zero-order chi connectivity index (χ0) is 11.5. The maximum Gasteiger partial charge on any atom is 0.264 e. The number of halogens is 1. The molecule has 2 aromatic rings. The summed E-state index contributed by atoms with van der Waals surface area (Å²) in [6.07, 6.45) is 3.50. The predicted molar refractivity (Wildman–Crippen MR) is 72.7 cm³/mol. The topological polar surface area (TPSA) is 58.6 Å². The molecule has 0 aromatic carbocycles. The minimum Gasteiger partial charge on any atom is -0.304 e. The first-order chi connectivity index (χ1) is 7.72. The van der Waals surface area contributed by atoms with E-state index >= 15 is 0 Å². The van der Waals surface area contributed by atoms with Crippen LogP contribution < -0.4 is 5.56 Å². The molecule has 1 N–H and O–H groups in total. The summed E-state index contributed by atoms with van der Waals surface area (Å²) in [7, 11) is 0. The van der Waals surface area contributed by atoms with E-state index in [1.54, 1.807) is 6.20 Å². The zero-order valence-electron chi connectivity index (χ0n) is 8.66. The van der Waals surface area contributed by atoms with Crippen LogP contribution in [0.4, 0.5) is 0 Å². The highest BCUT2D eigenvalue weighted by Gasteiger charge is 2.10. The van der Waals surface area contributed by atoms with Crippen LogP contribution in [-0.4, -0.2) is 15.0 Å². The Morgan fingerprint density at radius 2 is 2.38 bits per heavy atom. The molecule has 0 aliphatic heterocycles. The standard InChI is InChI=1S/C10H10IN3OS/c1-2-3-6-7(11)9(15)14-8(13-6)10-12-4-5-16-10/h4-5H,2-3H2,1H3,(H,13,14,15). The smallest absolute Gasteiger partial charge is 0.264 e. The number of thiazole rings is 1. The SMILES string of the molecule is CCCc1nc(-c2nccs2)[nH]c(=O)c1I. The molecule has 0 aliphatic rings. The maximum atomic E-state index is 11.7. The summed E-state index contributed by atoms with van der Waals surface area (Å²) in [6.45, 7) is 2.07. The van der Waals surface area contributed by atoms with Gasteiger partial charge in [-0.1, -0.05) is 13.3 Å². The summed E-state index contributed by atoms with van der Waals surface area (Å²) in [5, 5.41) is 2.62. The lowest BCUT2D eigenvalue weighted by atomic mass is 10.2. The average molecular weight is 347 g/mol. The van der Waals surface area contributed by atoms with Crippen molar-refractivity contribution in [3.8, 4) is 10.8 Å². The van der Waals surface area contributed by atoms with Gasteiger partial charge in [0.2, 0.25) is 0 Å². The van der Waals surface area contributed by atoms with E-state index < -0.39 is 0 Å². The van der Waals surface area contributed by atoms with Gasteiger partial charge in [0.25, 0.3) is 5.56 Å². The van der Waals surface area contributed by atoms with Crippen LogP contribution in [0.1, 0.15) is 19.0 Å². The van der Waals surface area contributed by atoms with Crippen molar-refractivity contribution in [2.75, 3.05) is 0 Å². The molecule has 2 rings (SSSR count). The van der Waals surface area contributed by atoms with Crippen molar-refractivity contribution in [2.45, 2.75) is 19.8 Å². The van der Waals surface area contributed by atoms with Gasteiger partial charge in [0.05, 0.1) is 9.26 Å². The van der Waals surface area contributed by atoms with E-state index in [-0.39, 0.29) is 5.56 Å². The van der Waals surface area contributed by atoms with Crippen LogP contribution in [0.15, 0.2) is 16.4 Å². The molecule has 0 radical (unpaired) electrons. The molecule has 2 aromatic heterocycles. The number of hydrogen-bond donors (Lipinski definition) is 1. The summed E-state index contributed by atoms with van der Waals surface area (Å²) in [5.41, 5.74) is 0.779. The Kier molecular flexibility index (Phi) is 3.70. The van der Waals surface area contributed by atoms with Crippen LogP contribution in [0.5, 0.6) is 0 Å². The van der Waals surface area contributed by atoms with Gasteiger partial charge in [-0.2, -0.15) is 0 Å². The Bertz CT molecular complexity index is 535. The fraction of sp³-hybridized carbons (Fsp3) is 0.300. The molecule has 0 fully saturated rings. The monoisotopic (exact) mass is 347 g/mol. The lowest BCUT2D eigenvalue weighted by Gasteiger charge is -2.03. The van der Waals surface area contributed by atoms with E-state index in [0.717, 1.165) is 23.5 Å². The van der Waals surface area contributed by atoms with Gasteiger partial charge >= 0.3 is 0 Å². The van der Waals surface area contributed by atoms with Crippen molar-refractivity contribution in [1.82, 2.24) is 15.0 Å². The third kappa shape index (κ3) is 2.32. The lowest BCUT2D eigenvalue weighted by Crippen LogP contribution is -2.16. The number of nitrogens with one attached hydrogen (secondary N) is 1. The van der Waals surface area contributed by atoms with Crippen molar-refractivity contribution < 1.29 is 0 Å². The van der Waals surface area contributed by atoms with E-state index in [1.807, 2.05) is 28.0 Å². The van der Waals surface area contributed by atoms with E-state index in [0.29, 0.717) is 9.39 Å². The second-order valence-electron chi connectivity index (χ2n) is 3.26. The summed E-state index contributed by atoms with van der Waals surface area (Å²) >= 11 is 3.51. The first-order valence-electron chi connectivity index (χ1n) is 4.91. The average Bonchev–Trinajstić information content (AvgIpc) is 2.78. The largest absolute Gasteiger partial charge is 0.304 e. The van der Waals surface area contributed by atoms with Gasteiger partial charge < -0.3 is 4.98 Å². The Labute approximate surface area is 110 Å². The minimum absolute atomic E-state index is 0.0794. The third-order valence-electron chi connectivity index (χ3n) is 2.05. The fourth-order valence-corrected chi connectivity index (χ4v) is 2.46. The number of aromatic amines is 1. The molecule has 0 amide bonds. The van der Waals surface area contributed by atoms with Gasteiger partial charge in [0.1, 0.15) is 0 Å². The van der Waals surface area contributed by atoms with E-state index in [1.165, 1.54) is 11.3 Å². The molecule has 2 heterocycles. The molecular weight excluding hydrogens is 337 g/mol. The number of aryl methyl sites for hydroxylation is 1. The van der Waals surface area contributed by atoms with E-state index in [4.69, 9.17) is 0 Å². The molecule has 0 saturated heterocycles. The second kappa shape index (κ2) is 5.05. The van der Waals surface area contributed by atoms with Gasteiger partial charge in [-0.05, 0) is 29.0 Å². The summed E-state index contributed by atoms with van der Waals surface area (Å²) in [6, 6.07) is 0. The Morgan fingerprint density at radius 1 is 1.56 bits per heavy atom. The highest BCUT2D eigenvalue weighted by molar-refractivity contribution is 14.1. The maximum absolute atomic E-state index is 11.7. The van der Waals surface area contributed by atoms with Crippen LogP contribution >= 0.6 is 33.9 Å². The van der Waals surface area contributed by atoms with E-state index in [2.05, 4.69) is 21.9 Å². The summed E-state index contributed by atoms with van der Waals surface area (Å²) in [5.74, 6) is 0.573. The molecule has 6 heteroatoms. The lowest BCUT2D eigenvalue weighted by molar-refractivity contribution is 0.859. The Hall–Kier alpha value is -0.760. The number of nitrogens with zero attached hydrogens (tertiary/aromatic N) is 2. The summed E-state index contributed by atoms with van der Waals surface area (Å²) in [4.78, 5) is 23.0. The molecule has 0 saturated carbocycles. The van der Waals surface area contributed by atoms with Crippen LogP contribution in [0, 0.1) is 3.57 Å². The van der Waals surface area contributed by atoms with Crippen molar-refractivity contribution in [3.63, 3.8) is 0 Å². The van der Waals surface area contributed by atoms with Gasteiger partial charge in [-0.25, -0.2) is 9.97 Å². The number of H-pyrrole nitrogens is 1. The highest BCUT2D eigenvalue weighted by Crippen LogP contribution is 2.18. The number of aromatic nitrogens is 3. The molecule has 0 spiro atoms. The van der Waals surface area contributed by atoms with Crippen LogP contribution in [0.3, 0.4) is 0 Å². The molecule has 84 valence electrons. The van der Waals surface area contributed by atoms with Gasteiger partial charge in [-0.15, -0.1) is 11.3 Å². The molecule has 0 atom stereocenters. The van der Waals surface area contributed by atoms with Gasteiger partial charge in [0, 0.05) is 11.6 Å². The minimum atomic E-state index is -0.0794. The molecule has 0 bridgehead atoms. The van der Waals surface area contributed by atoms with Crippen LogP contribution in [-0.2, 0) is 6.42 Å². The molecule has 0 unspecified atom stereocenters. The summed E-state index contributed by atoms with van der Waals surface area (Å²) < 4.78 is 0.680. The third-order valence-corrected chi connectivity index (χ3v) is 3.95. The van der Waals surface area contributed by atoms with Crippen molar-refractivity contribution >= 4 is 33.9 Å². The van der Waals surface area contributed by atoms with E-state index in [9.17, 15) is 4.79 Å². The quantitative estimate of drug-likeness (QED) is 0.868. The van der Waals surface area contributed by atoms with Crippen molar-refractivity contribution in [2.24, 2.45) is 0 Å². The number of rotatable bonds is 3. The molecular formula is C10H10IN3OS. The molecule has 0 aliphatic carbocycles. The van der Waals surface area contributed by atoms with Crippen LogP contribution in [0.25, 0.3) is 10.8 Å². The number of hydrogen-bond acceptors (Lipinski definition) is 4. The fourth-order valence-electron chi connectivity index (χ4n) is 1.35.